The number of anilines is 1. The van der Waals surface area contributed by atoms with E-state index in [1.54, 1.807) is 26.0 Å². The number of thioether (sulfide) groups is 1. The van der Waals surface area contributed by atoms with Gasteiger partial charge in [0.05, 0.1) is 5.69 Å². The first-order valence-electron chi connectivity index (χ1n) is 12.2. The molecule has 1 saturated heterocycles. The Balaban J connectivity index is 1.44. The van der Waals surface area contributed by atoms with Crippen molar-refractivity contribution in [2.75, 3.05) is 11.4 Å². The number of aryl methyl sites for hydroxylation is 1. The molecule has 7 nitrogen and oxygen atoms in total. The van der Waals surface area contributed by atoms with Crippen LogP contribution in [-0.4, -0.2) is 45.3 Å². The van der Waals surface area contributed by atoms with E-state index in [9.17, 15) is 27.6 Å². The van der Waals surface area contributed by atoms with Gasteiger partial charge in [-0.1, -0.05) is 29.8 Å². The molecule has 4 rings (SSSR count). The summed E-state index contributed by atoms with van der Waals surface area (Å²) in [4.78, 5) is 45.6. The largest absolute Gasteiger partial charge is 0.446 e. The zero-order valence-electron chi connectivity index (χ0n) is 21.6. The number of pyridine rings is 1. The van der Waals surface area contributed by atoms with Gasteiger partial charge in [-0.25, -0.2) is 9.69 Å². The Hall–Kier alpha value is -3.86. The van der Waals surface area contributed by atoms with E-state index in [0.29, 0.717) is 18.5 Å². The number of rotatable bonds is 8. The van der Waals surface area contributed by atoms with Gasteiger partial charge in [0.15, 0.2) is 0 Å². The van der Waals surface area contributed by atoms with Crippen LogP contribution in [0.15, 0.2) is 71.8 Å². The first-order chi connectivity index (χ1) is 18.3. The van der Waals surface area contributed by atoms with Gasteiger partial charge in [0, 0.05) is 24.2 Å². The third-order valence-electron chi connectivity index (χ3n) is 6.37. The Morgan fingerprint density at radius 1 is 1.00 bits per heavy atom. The molecule has 0 spiro atoms. The predicted octanol–water partition coefficient (Wildman–Crippen LogP) is 5.72. The number of aromatic nitrogens is 1. The molecule has 1 aliphatic heterocycles. The van der Waals surface area contributed by atoms with Crippen molar-refractivity contribution in [3.63, 3.8) is 0 Å². The van der Waals surface area contributed by atoms with Crippen molar-refractivity contribution >= 4 is 35.3 Å². The minimum atomic E-state index is -4.44. The summed E-state index contributed by atoms with van der Waals surface area (Å²) in [6, 6.07) is 15.7. The third-order valence-corrected chi connectivity index (χ3v) is 7.11. The number of carbonyl (C=O) groups excluding carboxylic acids is 3. The van der Waals surface area contributed by atoms with E-state index >= 15 is 0 Å². The highest BCUT2D eigenvalue weighted by atomic mass is 32.2. The molecule has 2 aromatic carbocycles. The lowest BCUT2D eigenvalue weighted by Crippen LogP contribution is -2.43. The molecule has 1 fully saturated rings. The number of imide groups is 1. The van der Waals surface area contributed by atoms with Gasteiger partial charge < -0.3 is 10.2 Å². The van der Waals surface area contributed by atoms with Gasteiger partial charge in [-0.2, -0.15) is 13.2 Å². The summed E-state index contributed by atoms with van der Waals surface area (Å²) in [5.41, 5.74) is -2.46. The minimum absolute atomic E-state index is 0.0300. The highest BCUT2D eigenvalue weighted by Crippen LogP contribution is 2.38. The highest BCUT2D eigenvalue weighted by Gasteiger charge is 2.51. The number of urea groups is 1. The van der Waals surface area contributed by atoms with Crippen molar-refractivity contribution in [3.8, 4) is 0 Å². The van der Waals surface area contributed by atoms with Crippen LogP contribution in [0.4, 0.5) is 23.7 Å². The van der Waals surface area contributed by atoms with Crippen molar-refractivity contribution in [2.24, 2.45) is 0 Å². The molecule has 39 heavy (non-hydrogen) atoms. The maximum Gasteiger partial charge on any atom is 0.446 e. The van der Waals surface area contributed by atoms with Gasteiger partial charge >= 0.3 is 11.5 Å². The van der Waals surface area contributed by atoms with Gasteiger partial charge in [0.1, 0.15) is 11.2 Å². The monoisotopic (exact) mass is 556 g/mol. The van der Waals surface area contributed by atoms with Gasteiger partial charge in [-0.05, 0) is 86.5 Å². The van der Waals surface area contributed by atoms with Crippen LogP contribution in [0.1, 0.15) is 41.0 Å². The Morgan fingerprint density at radius 2 is 1.67 bits per heavy atom. The highest BCUT2D eigenvalue weighted by molar-refractivity contribution is 8.00. The molecule has 0 atom stereocenters. The van der Waals surface area contributed by atoms with Crippen LogP contribution in [0, 0.1) is 6.92 Å². The van der Waals surface area contributed by atoms with E-state index in [-0.39, 0.29) is 40.5 Å². The summed E-state index contributed by atoms with van der Waals surface area (Å²) >= 11 is -0.274. The van der Waals surface area contributed by atoms with Gasteiger partial charge in [-0.3, -0.25) is 14.6 Å². The zero-order valence-corrected chi connectivity index (χ0v) is 22.4. The molecule has 4 amide bonds. The lowest BCUT2D eigenvalue weighted by Gasteiger charge is -2.27. The van der Waals surface area contributed by atoms with Crippen molar-refractivity contribution in [2.45, 2.75) is 49.7 Å². The second-order valence-electron chi connectivity index (χ2n) is 9.65. The number of halogens is 3. The molecular weight excluding hydrogens is 529 g/mol. The first kappa shape index (κ1) is 28.2. The molecule has 0 unspecified atom stereocenters. The van der Waals surface area contributed by atoms with Gasteiger partial charge in [0.25, 0.3) is 11.8 Å². The van der Waals surface area contributed by atoms with Crippen molar-refractivity contribution in [1.29, 1.82) is 0 Å². The van der Waals surface area contributed by atoms with Crippen molar-refractivity contribution in [1.82, 2.24) is 15.2 Å². The number of hydrogen-bond donors (Lipinski definition) is 1. The molecule has 0 bridgehead atoms. The van der Waals surface area contributed by atoms with E-state index in [0.717, 1.165) is 16.0 Å². The van der Waals surface area contributed by atoms with Crippen LogP contribution in [0.3, 0.4) is 0 Å². The number of hydrogen-bond acceptors (Lipinski definition) is 5. The lowest BCUT2D eigenvalue weighted by atomic mass is 10.0. The molecule has 204 valence electrons. The van der Waals surface area contributed by atoms with Crippen molar-refractivity contribution in [3.05, 3.63) is 89.2 Å². The van der Waals surface area contributed by atoms with E-state index in [4.69, 9.17) is 0 Å². The van der Waals surface area contributed by atoms with Crippen LogP contribution in [-0.2, 0) is 17.8 Å². The Morgan fingerprint density at radius 3 is 2.31 bits per heavy atom. The second-order valence-corrected chi connectivity index (χ2v) is 10.8. The molecule has 1 aromatic heterocycles. The summed E-state index contributed by atoms with van der Waals surface area (Å²) in [5.74, 6) is -0.864. The Bertz CT molecular complexity index is 1380. The van der Waals surface area contributed by atoms with E-state index < -0.39 is 23.0 Å². The lowest BCUT2D eigenvalue weighted by molar-refractivity contribution is -0.123. The molecule has 0 aliphatic carbocycles. The van der Waals surface area contributed by atoms with Gasteiger partial charge in [-0.15, -0.1) is 0 Å². The maximum absolute atomic E-state index is 13.3. The number of amides is 4. The van der Waals surface area contributed by atoms with Crippen LogP contribution in [0.5, 0.6) is 0 Å². The van der Waals surface area contributed by atoms with E-state index in [2.05, 4.69) is 10.3 Å². The van der Waals surface area contributed by atoms with Crippen LogP contribution >= 0.6 is 11.8 Å². The minimum Gasteiger partial charge on any atom is -0.350 e. The average Bonchev–Trinajstić information content (AvgIpc) is 3.04. The molecule has 11 heteroatoms. The standard InChI is InChI=1S/C28H27F3N4O3S/c1-18-4-6-19(7-5-18)12-15-33-24(36)23-16-20(13-14-32-23)17-34-26(38)35(25(37)27(34,2)3)21-8-10-22(11-9-21)39-28(29,30)31/h4-11,13-14,16H,12,15,17H2,1-3H3,(H,33,36). The Kier molecular flexibility index (Phi) is 8.01. The third kappa shape index (κ3) is 6.59. The molecule has 3 aromatic rings. The fourth-order valence-corrected chi connectivity index (χ4v) is 4.71. The quantitative estimate of drug-likeness (QED) is 0.283. The Labute approximate surface area is 228 Å². The summed E-state index contributed by atoms with van der Waals surface area (Å²) in [5, 5.41) is 2.85. The molecule has 2 heterocycles. The smallest absolute Gasteiger partial charge is 0.350 e. The SMILES string of the molecule is Cc1ccc(CCNC(=O)c2cc(CN3C(=O)N(c4ccc(SC(F)(F)F)cc4)C(=O)C3(C)C)ccn2)cc1. The normalized spacial score (nSPS) is 15.1. The number of alkyl halides is 3. The number of carbonyl (C=O) groups is 3. The second kappa shape index (κ2) is 11.1. The topological polar surface area (TPSA) is 82.6 Å². The number of nitrogens with zero attached hydrogens (tertiary/aromatic N) is 3. The van der Waals surface area contributed by atoms with Crippen molar-refractivity contribution < 1.29 is 27.6 Å². The summed E-state index contributed by atoms with van der Waals surface area (Å²) in [7, 11) is 0. The number of benzene rings is 2. The van der Waals surface area contributed by atoms with Crippen LogP contribution < -0.4 is 10.2 Å². The molecule has 1 N–H and O–H groups in total. The average molecular weight is 557 g/mol. The predicted molar refractivity (Wildman–Crippen MR) is 142 cm³/mol. The molecule has 0 saturated carbocycles. The summed E-state index contributed by atoms with van der Waals surface area (Å²) in [6.07, 6.45) is 2.13. The van der Waals surface area contributed by atoms with E-state index in [1.165, 1.54) is 35.4 Å². The summed E-state index contributed by atoms with van der Waals surface area (Å²) < 4.78 is 38.0. The number of nitrogens with one attached hydrogen (secondary N) is 1. The first-order valence-corrected chi connectivity index (χ1v) is 13.0. The van der Waals surface area contributed by atoms with Crippen LogP contribution in [0.25, 0.3) is 0 Å². The van der Waals surface area contributed by atoms with Crippen LogP contribution in [0.2, 0.25) is 0 Å². The molecular formula is C28H27F3N4O3S. The van der Waals surface area contributed by atoms with E-state index in [1.807, 2.05) is 31.2 Å². The van der Waals surface area contributed by atoms with Gasteiger partial charge in [0.2, 0.25) is 0 Å². The fraction of sp³-hybridized carbons (Fsp3) is 0.286. The molecule has 1 aliphatic rings. The summed E-state index contributed by atoms with van der Waals surface area (Å²) in [6.45, 7) is 5.66. The maximum atomic E-state index is 13.3. The fourth-order valence-electron chi connectivity index (χ4n) is 4.17. The zero-order chi connectivity index (χ0) is 28.4. The molecule has 0 radical (unpaired) electrons.